The topological polar surface area (TPSA) is 26.3 Å². The summed E-state index contributed by atoms with van der Waals surface area (Å²) in [5.41, 5.74) is 0.796. The summed E-state index contributed by atoms with van der Waals surface area (Å²) in [6.45, 7) is 0. The van der Waals surface area contributed by atoms with Crippen LogP contribution in [0.25, 0.3) is 0 Å². The van der Waals surface area contributed by atoms with Crippen molar-refractivity contribution >= 4 is 44.9 Å². The van der Waals surface area contributed by atoms with Crippen molar-refractivity contribution in [2.75, 3.05) is 7.11 Å². The fraction of sp³-hybridized carbons (Fsp3) is 0.0714. The van der Waals surface area contributed by atoms with Gasteiger partial charge in [-0.05, 0) is 36.4 Å². The average molecular weight is 360 g/mol. The van der Waals surface area contributed by atoms with Crippen LogP contribution in [0.4, 0.5) is 0 Å². The Morgan fingerprint density at radius 2 is 1.84 bits per heavy atom. The number of hydrogen-bond donors (Lipinski definition) is 0. The molecule has 0 unspecified atom stereocenters. The minimum absolute atomic E-state index is 0.225. The molecule has 0 spiro atoms. The van der Waals surface area contributed by atoms with Gasteiger partial charge in [0.1, 0.15) is 5.75 Å². The standard InChI is InChI=1S/C14H9BrCl2O2/c1-19-13-6-8(15)2-4-10(13)14(18)11-7-9(16)3-5-12(11)17/h2-7H,1H3. The first-order chi connectivity index (χ1) is 9.02. The van der Waals surface area contributed by atoms with Gasteiger partial charge in [0, 0.05) is 15.1 Å². The second kappa shape index (κ2) is 5.95. The lowest BCUT2D eigenvalue weighted by molar-refractivity contribution is 0.103. The summed E-state index contributed by atoms with van der Waals surface area (Å²) in [7, 11) is 1.51. The number of ketones is 1. The molecule has 2 nitrogen and oxygen atoms in total. The van der Waals surface area contributed by atoms with Crippen LogP contribution in [0.5, 0.6) is 5.75 Å². The third-order valence-corrected chi connectivity index (χ3v) is 3.64. The van der Waals surface area contributed by atoms with Gasteiger partial charge in [-0.1, -0.05) is 39.1 Å². The maximum atomic E-state index is 12.5. The van der Waals surface area contributed by atoms with Gasteiger partial charge in [0.2, 0.25) is 0 Å². The summed E-state index contributed by atoms with van der Waals surface area (Å²) >= 11 is 15.3. The van der Waals surface area contributed by atoms with Crippen LogP contribution in [0, 0.1) is 0 Å². The molecule has 0 fully saturated rings. The number of halogens is 3. The van der Waals surface area contributed by atoms with E-state index < -0.39 is 0 Å². The van der Waals surface area contributed by atoms with E-state index in [1.54, 1.807) is 36.4 Å². The summed E-state index contributed by atoms with van der Waals surface area (Å²) < 4.78 is 6.04. The summed E-state index contributed by atoms with van der Waals surface area (Å²) in [6.07, 6.45) is 0. The van der Waals surface area contributed by atoms with Crippen molar-refractivity contribution in [1.82, 2.24) is 0 Å². The predicted octanol–water partition coefficient (Wildman–Crippen LogP) is 5.00. The molecule has 0 N–H and O–H groups in total. The average Bonchev–Trinajstić information content (AvgIpc) is 2.40. The second-order valence-corrected chi connectivity index (χ2v) is 5.56. The third kappa shape index (κ3) is 3.11. The zero-order valence-corrected chi connectivity index (χ0v) is 13.0. The van der Waals surface area contributed by atoms with Gasteiger partial charge in [-0.2, -0.15) is 0 Å². The molecular weight excluding hydrogens is 351 g/mol. The fourth-order valence-electron chi connectivity index (χ4n) is 1.67. The van der Waals surface area contributed by atoms with Gasteiger partial charge in [0.05, 0.1) is 17.7 Å². The molecule has 0 saturated heterocycles. The third-order valence-electron chi connectivity index (χ3n) is 2.58. The lowest BCUT2D eigenvalue weighted by Crippen LogP contribution is -2.04. The molecule has 0 atom stereocenters. The van der Waals surface area contributed by atoms with Gasteiger partial charge in [-0.25, -0.2) is 0 Å². The summed E-state index contributed by atoms with van der Waals surface area (Å²) in [5, 5.41) is 0.822. The van der Waals surface area contributed by atoms with Crippen LogP contribution in [0.2, 0.25) is 10.0 Å². The van der Waals surface area contributed by atoms with Crippen LogP contribution < -0.4 is 4.74 Å². The van der Waals surface area contributed by atoms with Crippen molar-refractivity contribution in [2.45, 2.75) is 0 Å². The summed E-state index contributed by atoms with van der Waals surface area (Å²) in [6, 6.07) is 9.97. The van der Waals surface area contributed by atoms with Crippen molar-refractivity contribution in [3.05, 3.63) is 62.0 Å². The molecule has 19 heavy (non-hydrogen) atoms. The summed E-state index contributed by atoms with van der Waals surface area (Å²) in [4.78, 5) is 12.5. The first kappa shape index (κ1) is 14.4. The van der Waals surface area contributed by atoms with E-state index in [4.69, 9.17) is 27.9 Å². The Morgan fingerprint density at radius 1 is 1.11 bits per heavy atom. The lowest BCUT2D eigenvalue weighted by atomic mass is 10.0. The predicted molar refractivity (Wildman–Crippen MR) is 80.6 cm³/mol. The van der Waals surface area contributed by atoms with E-state index in [9.17, 15) is 4.79 Å². The Balaban J connectivity index is 2.53. The van der Waals surface area contributed by atoms with E-state index in [0.717, 1.165) is 4.47 Å². The van der Waals surface area contributed by atoms with E-state index in [1.807, 2.05) is 0 Å². The molecule has 5 heteroatoms. The molecule has 0 aromatic heterocycles. The molecule has 0 aliphatic carbocycles. The van der Waals surface area contributed by atoms with Gasteiger partial charge in [0.15, 0.2) is 5.78 Å². The first-order valence-corrected chi connectivity index (χ1v) is 6.91. The van der Waals surface area contributed by atoms with E-state index in [1.165, 1.54) is 7.11 Å². The van der Waals surface area contributed by atoms with Crippen LogP contribution in [-0.2, 0) is 0 Å². The van der Waals surface area contributed by atoms with Crippen LogP contribution in [0.1, 0.15) is 15.9 Å². The molecule has 2 aromatic carbocycles. The highest BCUT2D eigenvalue weighted by molar-refractivity contribution is 9.10. The van der Waals surface area contributed by atoms with Gasteiger partial charge in [-0.15, -0.1) is 0 Å². The molecule has 0 aliphatic rings. The Bertz CT molecular complexity index is 641. The van der Waals surface area contributed by atoms with Crippen molar-refractivity contribution in [3.63, 3.8) is 0 Å². The minimum atomic E-state index is -0.225. The molecule has 2 rings (SSSR count). The number of ether oxygens (including phenoxy) is 1. The van der Waals surface area contributed by atoms with Gasteiger partial charge in [-0.3, -0.25) is 4.79 Å². The monoisotopic (exact) mass is 358 g/mol. The Morgan fingerprint density at radius 3 is 2.53 bits per heavy atom. The van der Waals surface area contributed by atoms with Crippen molar-refractivity contribution in [2.24, 2.45) is 0 Å². The van der Waals surface area contributed by atoms with E-state index in [2.05, 4.69) is 15.9 Å². The number of hydrogen-bond acceptors (Lipinski definition) is 2. The number of benzene rings is 2. The van der Waals surface area contributed by atoms with Crippen LogP contribution in [0.3, 0.4) is 0 Å². The zero-order valence-electron chi connectivity index (χ0n) is 9.91. The molecule has 0 heterocycles. The number of carbonyl (C=O) groups is 1. The largest absolute Gasteiger partial charge is 0.496 e. The first-order valence-electron chi connectivity index (χ1n) is 5.36. The van der Waals surface area contributed by atoms with E-state index in [0.29, 0.717) is 26.9 Å². The maximum absolute atomic E-state index is 12.5. The molecule has 0 amide bonds. The van der Waals surface area contributed by atoms with Gasteiger partial charge in [0.25, 0.3) is 0 Å². The minimum Gasteiger partial charge on any atom is -0.496 e. The number of rotatable bonds is 3. The van der Waals surface area contributed by atoms with Gasteiger partial charge >= 0.3 is 0 Å². The normalized spacial score (nSPS) is 10.3. The maximum Gasteiger partial charge on any atom is 0.198 e. The highest BCUT2D eigenvalue weighted by Crippen LogP contribution is 2.29. The summed E-state index contributed by atoms with van der Waals surface area (Å²) in [5.74, 6) is 0.257. The Kier molecular flexibility index (Phi) is 4.50. The zero-order chi connectivity index (χ0) is 14.0. The van der Waals surface area contributed by atoms with Crippen molar-refractivity contribution < 1.29 is 9.53 Å². The van der Waals surface area contributed by atoms with E-state index in [-0.39, 0.29) is 5.78 Å². The lowest BCUT2D eigenvalue weighted by Gasteiger charge is -2.09. The number of methoxy groups -OCH3 is 1. The van der Waals surface area contributed by atoms with Crippen LogP contribution in [-0.4, -0.2) is 12.9 Å². The molecule has 0 saturated carbocycles. The molecule has 98 valence electrons. The highest BCUT2D eigenvalue weighted by atomic mass is 79.9. The second-order valence-electron chi connectivity index (χ2n) is 3.80. The Hall–Kier alpha value is -1.03. The fourth-order valence-corrected chi connectivity index (χ4v) is 2.38. The Labute approximate surface area is 129 Å². The SMILES string of the molecule is COc1cc(Br)ccc1C(=O)c1cc(Cl)ccc1Cl. The molecule has 0 bridgehead atoms. The van der Waals surface area contributed by atoms with Crippen molar-refractivity contribution in [1.29, 1.82) is 0 Å². The van der Waals surface area contributed by atoms with Crippen LogP contribution >= 0.6 is 39.1 Å². The highest BCUT2D eigenvalue weighted by Gasteiger charge is 2.17. The molecule has 0 aliphatic heterocycles. The molecular formula is C14H9BrCl2O2. The van der Waals surface area contributed by atoms with Crippen molar-refractivity contribution in [3.8, 4) is 5.75 Å². The molecule has 0 radical (unpaired) electrons. The van der Waals surface area contributed by atoms with E-state index >= 15 is 0 Å². The smallest absolute Gasteiger partial charge is 0.198 e. The van der Waals surface area contributed by atoms with Crippen LogP contribution in [0.15, 0.2) is 40.9 Å². The van der Waals surface area contributed by atoms with Gasteiger partial charge < -0.3 is 4.74 Å². The number of carbonyl (C=O) groups excluding carboxylic acids is 1. The molecule has 2 aromatic rings. The quantitative estimate of drug-likeness (QED) is 0.721.